The fourth-order valence-corrected chi connectivity index (χ4v) is 3.70. The molecule has 0 bridgehead atoms. The molecule has 0 aromatic carbocycles. The monoisotopic (exact) mass is 296 g/mol. The van der Waals surface area contributed by atoms with Crippen LogP contribution in [0.25, 0.3) is 0 Å². The summed E-state index contributed by atoms with van der Waals surface area (Å²) in [4.78, 5) is 12.2. The zero-order chi connectivity index (χ0) is 14.5. The van der Waals surface area contributed by atoms with Crippen LogP contribution in [0, 0.1) is 5.92 Å². The molecular weight excluding hydrogens is 272 g/mol. The standard InChI is InChI=1S/C15H24N2O2S/c1-3-10-5-7-11(8-6-10)17-13-9-12(16)14(20-13)15(18)19-4-2/h9-11,17H,3-8,16H2,1-2H3. The number of esters is 1. The number of hydrogen-bond donors (Lipinski definition) is 2. The van der Waals surface area contributed by atoms with Gasteiger partial charge >= 0.3 is 5.97 Å². The van der Waals surface area contributed by atoms with Crippen LogP contribution in [0.1, 0.15) is 55.6 Å². The number of carbonyl (C=O) groups is 1. The van der Waals surface area contributed by atoms with E-state index in [0.29, 0.717) is 23.2 Å². The van der Waals surface area contributed by atoms with Crippen LogP contribution in [0.3, 0.4) is 0 Å². The molecular formula is C15H24N2O2S. The molecule has 1 aromatic rings. The average molecular weight is 296 g/mol. The molecule has 1 fully saturated rings. The summed E-state index contributed by atoms with van der Waals surface area (Å²) in [5.41, 5.74) is 6.40. The molecule has 0 amide bonds. The van der Waals surface area contributed by atoms with Gasteiger partial charge < -0.3 is 15.8 Å². The van der Waals surface area contributed by atoms with Crippen LogP contribution in [0.4, 0.5) is 10.7 Å². The normalized spacial score (nSPS) is 22.5. The maximum absolute atomic E-state index is 11.7. The fraction of sp³-hybridized carbons (Fsp3) is 0.667. The van der Waals surface area contributed by atoms with Crippen LogP contribution in [-0.4, -0.2) is 18.6 Å². The number of carbonyl (C=O) groups excluding carboxylic acids is 1. The topological polar surface area (TPSA) is 64.3 Å². The minimum atomic E-state index is -0.322. The first-order valence-corrected chi connectivity index (χ1v) is 8.28. The second-order valence-electron chi connectivity index (χ2n) is 5.39. The number of anilines is 2. The molecule has 1 aliphatic carbocycles. The number of nitrogens with two attached hydrogens (primary N) is 1. The first-order valence-electron chi connectivity index (χ1n) is 7.47. The Hall–Kier alpha value is -1.23. The molecule has 4 nitrogen and oxygen atoms in total. The molecule has 1 heterocycles. The average Bonchev–Trinajstić information content (AvgIpc) is 2.81. The Labute approximate surface area is 124 Å². The Bertz CT molecular complexity index is 451. The second kappa shape index (κ2) is 6.97. The lowest BCUT2D eigenvalue weighted by atomic mass is 9.84. The number of thiophene rings is 1. The van der Waals surface area contributed by atoms with Crippen molar-refractivity contribution >= 4 is 28.0 Å². The fourth-order valence-electron chi connectivity index (χ4n) is 2.75. The summed E-state index contributed by atoms with van der Waals surface area (Å²) >= 11 is 1.40. The molecule has 0 aliphatic heterocycles. The van der Waals surface area contributed by atoms with E-state index >= 15 is 0 Å². The first-order chi connectivity index (χ1) is 9.63. The van der Waals surface area contributed by atoms with Crippen molar-refractivity contribution in [3.05, 3.63) is 10.9 Å². The van der Waals surface area contributed by atoms with E-state index in [2.05, 4.69) is 12.2 Å². The van der Waals surface area contributed by atoms with Gasteiger partial charge in [0, 0.05) is 6.04 Å². The maximum atomic E-state index is 11.7. The largest absolute Gasteiger partial charge is 0.462 e. The van der Waals surface area contributed by atoms with Crippen molar-refractivity contribution in [1.82, 2.24) is 0 Å². The zero-order valence-corrected chi connectivity index (χ0v) is 13.1. The van der Waals surface area contributed by atoms with Crippen LogP contribution in [0.2, 0.25) is 0 Å². The van der Waals surface area contributed by atoms with Crippen molar-refractivity contribution in [3.63, 3.8) is 0 Å². The Morgan fingerprint density at radius 3 is 2.70 bits per heavy atom. The van der Waals surface area contributed by atoms with Crippen molar-refractivity contribution in [1.29, 1.82) is 0 Å². The van der Waals surface area contributed by atoms with Gasteiger partial charge in [-0.15, -0.1) is 11.3 Å². The molecule has 5 heteroatoms. The summed E-state index contributed by atoms with van der Waals surface area (Å²) in [6.07, 6.45) is 6.27. The highest BCUT2D eigenvalue weighted by Crippen LogP contribution is 2.33. The van der Waals surface area contributed by atoms with Crippen LogP contribution in [0.15, 0.2) is 6.07 Å². The number of ether oxygens (including phenoxy) is 1. The highest BCUT2D eigenvalue weighted by molar-refractivity contribution is 7.18. The first kappa shape index (κ1) is 15.2. The Kier molecular flexibility index (Phi) is 5.29. The van der Waals surface area contributed by atoms with E-state index in [0.717, 1.165) is 10.9 Å². The molecule has 0 saturated heterocycles. The number of rotatable bonds is 5. The van der Waals surface area contributed by atoms with Gasteiger partial charge in [-0.25, -0.2) is 4.79 Å². The molecule has 20 heavy (non-hydrogen) atoms. The Balaban J connectivity index is 1.94. The molecule has 0 atom stereocenters. The minimum Gasteiger partial charge on any atom is -0.462 e. The SMILES string of the molecule is CCOC(=O)c1sc(NC2CCC(CC)CC2)cc1N. The van der Waals surface area contributed by atoms with Crippen molar-refractivity contribution in [2.24, 2.45) is 5.92 Å². The summed E-state index contributed by atoms with van der Waals surface area (Å²) in [6.45, 7) is 4.44. The summed E-state index contributed by atoms with van der Waals surface area (Å²) in [7, 11) is 0. The summed E-state index contributed by atoms with van der Waals surface area (Å²) < 4.78 is 5.00. The third-order valence-corrected chi connectivity index (χ3v) is 5.05. The second-order valence-corrected chi connectivity index (χ2v) is 6.44. The quantitative estimate of drug-likeness (QED) is 0.809. The predicted molar refractivity (Wildman–Crippen MR) is 84.3 cm³/mol. The molecule has 0 unspecified atom stereocenters. The molecule has 1 aromatic heterocycles. The van der Waals surface area contributed by atoms with Gasteiger partial charge in [-0.2, -0.15) is 0 Å². The lowest BCUT2D eigenvalue weighted by Gasteiger charge is -2.28. The smallest absolute Gasteiger partial charge is 0.350 e. The molecule has 0 spiro atoms. The van der Waals surface area contributed by atoms with Crippen molar-refractivity contribution in [2.75, 3.05) is 17.7 Å². The number of nitrogens with one attached hydrogen (secondary N) is 1. The van der Waals surface area contributed by atoms with E-state index in [4.69, 9.17) is 10.5 Å². The number of hydrogen-bond acceptors (Lipinski definition) is 5. The minimum absolute atomic E-state index is 0.322. The molecule has 112 valence electrons. The van der Waals surface area contributed by atoms with E-state index in [1.807, 2.05) is 6.07 Å². The molecule has 1 aliphatic rings. The van der Waals surface area contributed by atoms with E-state index in [1.165, 1.54) is 43.4 Å². The molecule has 2 rings (SSSR count). The van der Waals surface area contributed by atoms with Crippen LogP contribution in [-0.2, 0) is 4.74 Å². The number of nitrogen functional groups attached to an aromatic ring is 1. The van der Waals surface area contributed by atoms with Gasteiger partial charge in [-0.1, -0.05) is 13.3 Å². The van der Waals surface area contributed by atoms with Gasteiger partial charge in [0.1, 0.15) is 4.88 Å². The maximum Gasteiger partial charge on any atom is 0.350 e. The summed E-state index contributed by atoms with van der Waals surface area (Å²) in [5.74, 6) is 0.564. The van der Waals surface area contributed by atoms with E-state index in [-0.39, 0.29) is 5.97 Å². The highest BCUT2D eigenvalue weighted by atomic mass is 32.1. The van der Waals surface area contributed by atoms with Gasteiger partial charge in [0.25, 0.3) is 0 Å². The van der Waals surface area contributed by atoms with E-state index in [1.54, 1.807) is 6.92 Å². The zero-order valence-electron chi connectivity index (χ0n) is 12.3. The van der Waals surface area contributed by atoms with Crippen LogP contribution in [0.5, 0.6) is 0 Å². The van der Waals surface area contributed by atoms with Crippen molar-refractivity contribution < 1.29 is 9.53 Å². The predicted octanol–water partition coefficient (Wildman–Crippen LogP) is 3.89. The van der Waals surface area contributed by atoms with Crippen molar-refractivity contribution in [2.45, 2.75) is 52.0 Å². The van der Waals surface area contributed by atoms with Crippen molar-refractivity contribution in [3.8, 4) is 0 Å². The molecule has 1 saturated carbocycles. The Morgan fingerprint density at radius 2 is 2.10 bits per heavy atom. The van der Waals surface area contributed by atoms with E-state index in [9.17, 15) is 4.79 Å². The lowest BCUT2D eigenvalue weighted by molar-refractivity contribution is 0.0533. The summed E-state index contributed by atoms with van der Waals surface area (Å²) in [5, 5.41) is 4.49. The van der Waals surface area contributed by atoms with Crippen LogP contribution < -0.4 is 11.1 Å². The third-order valence-electron chi connectivity index (χ3n) is 3.99. The van der Waals surface area contributed by atoms with Gasteiger partial charge in [-0.3, -0.25) is 0 Å². The third kappa shape index (κ3) is 3.66. The van der Waals surface area contributed by atoms with Gasteiger partial charge in [0.2, 0.25) is 0 Å². The van der Waals surface area contributed by atoms with Crippen LogP contribution >= 0.6 is 11.3 Å². The van der Waals surface area contributed by atoms with Gasteiger partial charge in [0.05, 0.1) is 17.3 Å². The summed E-state index contributed by atoms with van der Waals surface area (Å²) in [6, 6.07) is 2.36. The van der Waals surface area contributed by atoms with Gasteiger partial charge in [-0.05, 0) is 44.6 Å². The lowest BCUT2D eigenvalue weighted by Crippen LogP contribution is -2.25. The molecule has 3 N–H and O–H groups in total. The molecule has 0 radical (unpaired) electrons. The highest BCUT2D eigenvalue weighted by Gasteiger charge is 2.21. The van der Waals surface area contributed by atoms with E-state index < -0.39 is 0 Å². The Morgan fingerprint density at radius 1 is 1.40 bits per heavy atom. The van der Waals surface area contributed by atoms with Gasteiger partial charge in [0.15, 0.2) is 0 Å².